The number of hydrogen-bond donors (Lipinski definition) is 0. The summed E-state index contributed by atoms with van der Waals surface area (Å²) in [4.78, 5) is 18.2. The van der Waals surface area contributed by atoms with Crippen LogP contribution in [0.4, 0.5) is 0 Å². The largest absolute Gasteiger partial charge is 0.493 e. The summed E-state index contributed by atoms with van der Waals surface area (Å²) in [7, 11) is 0. The van der Waals surface area contributed by atoms with E-state index in [-0.39, 0.29) is 18.3 Å². The van der Waals surface area contributed by atoms with Crippen molar-refractivity contribution in [3.05, 3.63) is 58.1 Å². The van der Waals surface area contributed by atoms with Gasteiger partial charge in [0, 0.05) is 17.5 Å². The summed E-state index contributed by atoms with van der Waals surface area (Å²) < 4.78 is 18.2. The lowest BCUT2D eigenvalue weighted by Crippen LogP contribution is -2.25. The van der Waals surface area contributed by atoms with E-state index in [1.165, 1.54) is 11.1 Å². The maximum atomic E-state index is 13.3. The summed E-state index contributed by atoms with van der Waals surface area (Å²) in [5.41, 5.74) is 1.29. The number of nitrogens with zero attached hydrogens (tertiary/aromatic N) is 3. The van der Waals surface area contributed by atoms with Gasteiger partial charge in [-0.3, -0.25) is 4.79 Å². The van der Waals surface area contributed by atoms with Crippen LogP contribution < -0.4 is 19.8 Å². The molecule has 3 aromatic rings. The Morgan fingerprint density at radius 1 is 1.16 bits per heavy atom. The molecule has 160 valence electrons. The topological polar surface area (TPSA) is 74.9 Å². The number of ether oxygens (including phenoxy) is 3. The van der Waals surface area contributed by atoms with Crippen LogP contribution in [0.3, 0.4) is 0 Å². The molecule has 5 rings (SSSR count). The molecule has 0 atom stereocenters. The number of benzene rings is 2. The average Bonchev–Trinajstić information content (AvgIpc) is 3.26. The van der Waals surface area contributed by atoms with Crippen LogP contribution in [0.25, 0.3) is 10.9 Å². The van der Waals surface area contributed by atoms with Gasteiger partial charge in [0.2, 0.25) is 6.79 Å². The van der Waals surface area contributed by atoms with E-state index in [1.54, 1.807) is 18.3 Å². The van der Waals surface area contributed by atoms with Crippen LogP contribution in [-0.4, -0.2) is 29.3 Å². The summed E-state index contributed by atoms with van der Waals surface area (Å²) in [5.74, 6) is 2.88. The van der Waals surface area contributed by atoms with Crippen LogP contribution in [-0.2, 0) is 0 Å². The second-order valence-electron chi connectivity index (χ2n) is 7.86. The van der Waals surface area contributed by atoms with E-state index in [4.69, 9.17) is 19.2 Å². The minimum absolute atomic E-state index is 0.152. The second kappa shape index (κ2) is 8.41. The molecule has 31 heavy (non-hydrogen) atoms. The van der Waals surface area contributed by atoms with Crippen molar-refractivity contribution in [2.24, 2.45) is 5.10 Å². The Kier molecular flexibility index (Phi) is 5.32. The Morgan fingerprint density at radius 3 is 2.74 bits per heavy atom. The molecule has 0 N–H and O–H groups in total. The van der Waals surface area contributed by atoms with Gasteiger partial charge in [-0.1, -0.05) is 31.4 Å². The van der Waals surface area contributed by atoms with Gasteiger partial charge >= 0.3 is 0 Å². The highest BCUT2D eigenvalue weighted by Crippen LogP contribution is 2.38. The van der Waals surface area contributed by atoms with Gasteiger partial charge in [-0.2, -0.15) is 9.78 Å². The fourth-order valence-corrected chi connectivity index (χ4v) is 4.32. The van der Waals surface area contributed by atoms with Crippen molar-refractivity contribution in [2.75, 3.05) is 13.4 Å². The molecule has 7 nitrogen and oxygen atoms in total. The lowest BCUT2D eigenvalue weighted by molar-refractivity contribution is 0.174. The fraction of sp³-hybridized carbons (Fsp3) is 0.375. The van der Waals surface area contributed by atoms with Crippen molar-refractivity contribution in [3.8, 4) is 17.2 Å². The highest BCUT2D eigenvalue weighted by molar-refractivity contribution is 5.85. The SMILES string of the molecule is CCOc1cc2c(cc1C=Nn1c(C3CCCCC3)nc3ccccc3c1=O)OCO2. The maximum absolute atomic E-state index is 13.3. The molecule has 1 fully saturated rings. The molecule has 1 aliphatic heterocycles. The Labute approximate surface area is 180 Å². The fourth-order valence-electron chi connectivity index (χ4n) is 4.32. The molecular formula is C24H25N3O4. The predicted octanol–water partition coefficient (Wildman–Crippen LogP) is 4.45. The van der Waals surface area contributed by atoms with Gasteiger partial charge < -0.3 is 14.2 Å². The van der Waals surface area contributed by atoms with E-state index in [2.05, 4.69) is 5.10 Å². The molecule has 1 saturated carbocycles. The molecule has 7 heteroatoms. The number of aromatic nitrogens is 2. The van der Waals surface area contributed by atoms with Gasteiger partial charge in [-0.25, -0.2) is 4.98 Å². The van der Waals surface area contributed by atoms with E-state index >= 15 is 0 Å². The van der Waals surface area contributed by atoms with E-state index < -0.39 is 0 Å². The van der Waals surface area contributed by atoms with E-state index in [9.17, 15) is 4.79 Å². The molecule has 0 bridgehead atoms. The Bertz CT molecular complexity index is 1200. The number of para-hydroxylation sites is 1. The quantitative estimate of drug-likeness (QED) is 0.571. The normalized spacial score (nSPS) is 16.3. The average molecular weight is 419 g/mol. The van der Waals surface area contributed by atoms with Crippen LogP contribution in [0.1, 0.15) is 56.3 Å². The lowest BCUT2D eigenvalue weighted by atomic mass is 9.88. The third kappa shape index (κ3) is 3.76. The summed E-state index contributed by atoms with van der Waals surface area (Å²) in [6, 6.07) is 11.1. The maximum Gasteiger partial charge on any atom is 0.282 e. The molecule has 1 aliphatic carbocycles. The van der Waals surface area contributed by atoms with Crippen LogP contribution in [0.2, 0.25) is 0 Å². The van der Waals surface area contributed by atoms with Gasteiger partial charge in [0.15, 0.2) is 11.5 Å². The van der Waals surface area contributed by atoms with Gasteiger partial charge in [0.05, 0.1) is 23.7 Å². The van der Waals surface area contributed by atoms with Crippen LogP contribution in [0.15, 0.2) is 46.3 Å². The second-order valence-corrected chi connectivity index (χ2v) is 7.86. The first-order valence-electron chi connectivity index (χ1n) is 10.9. The van der Waals surface area contributed by atoms with Crippen molar-refractivity contribution in [2.45, 2.75) is 44.9 Å². The van der Waals surface area contributed by atoms with Crippen molar-refractivity contribution in [3.63, 3.8) is 0 Å². The van der Waals surface area contributed by atoms with E-state index in [0.717, 1.165) is 42.6 Å². The van der Waals surface area contributed by atoms with Crippen molar-refractivity contribution in [1.82, 2.24) is 9.66 Å². The molecule has 2 aliphatic rings. The monoisotopic (exact) mass is 419 g/mol. The third-order valence-electron chi connectivity index (χ3n) is 5.87. The highest BCUT2D eigenvalue weighted by atomic mass is 16.7. The zero-order chi connectivity index (χ0) is 21.2. The zero-order valence-electron chi connectivity index (χ0n) is 17.5. The third-order valence-corrected chi connectivity index (χ3v) is 5.87. The van der Waals surface area contributed by atoms with Crippen LogP contribution >= 0.6 is 0 Å². The highest BCUT2D eigenvalue weighted by Gasteiger charge is 2.23. The van der Waals surface area contributed by atoms with Crippen LogP contribution in [0, 0.1) is 0 Å². The molecule has 0 spiro atoms. The Morgan fingerprint density at radius 2 is 1.94 bits per heavy atom. The number of rotatable bonds is 5. The molecule has 0 radical (unpaired) electrons. The van der Waals surface area contributed by atoms with Crippen molar-refractivity contribution in [1.29, 1.82) is 0 Å². The Hall–Kier alpha value is -3.35. The molecule has 0 unspecified atom stereocenters. The van der Waals surface area contributed by atoms with Crippen molar-refractivity contribution < 1.29 is 14.2 Å². The molecule has 0 saturated heterocycles. The first kappa shape index (κ1) is 19.6. The minimum atomic E-state index is -0.152. The first-order valence-corrected chi connectivity index (χ1v) is 10.9. The molecular weight excluding hydrogens is 394 g/mol. The minimum Gasteiger partial charge on any atom is -0.493 e. The summed E-state index contributed by atoms with van der Waals surface area (Å²) >= 11 is 0. The molecule has 0 amide bonds. The molecule has 1 aromatic heterocycles. The van der Waals surface area contributed by atoms with E-state index in [0.29, 0.717) is 29.2 Å². The number of hydrogen-bond acceptors (Lipinski definition) is 6. The van der Waals surface area contributed by atoms with Gasteiger partial charge in [0.1, 0.15) is 11.6 Å². The summed E-state index contributed by atoms with van der Waals surface area (Å²) in [6.45, 7) is 2.61. The summed E-state index contributed by atoms with van der Waals surface area (Å²) in [6.07, 6.45) is 7.22. The first-order chi connectivity index (χ1) is 15.2. The molecule has 2 heterocycles. The Balaban J connectivity index is 1.62. The van der Waals surface area contributed by atoms with Crippen molar-refractivity contribution >= 4 is 17.1 Å². The van der Waals surface area contributed by atoms with E-state index in [1.807, 2.05) is 31.2 Å². The standard InChI is InChI=1S/C24H25N3O4/c1-2-29-20-13-22-21(30-15-31-22)12-17(20)14-25-27-23(16-8-4-3-5-9-16)26-19-11-7-6-10-18(19)24(27)28/h6-7,10-14,16H,2-5,8-9,15H2,1H3. The van der Waals surface area contributed by atoms with Gasteiger partial charge in [-0.05, 0) is 38.0 Å². The summed E-state index contributed by atoms with van der Waals surface area (Å²) in [5, 5.41) is 5.17. The molecule has 2 aromatic carbocycles. The van der Waals surface area contributed by atoms with Crippen LogP contribution in [0.5, 0.6) is 17.2 Å². The zero-order valence-corrected chi connectivity index (χ0v) is 17.5. The predicted molar refractivity (Wildman–Crippen MR) is 119 cm³/mol. The lowest BCUT2D eigenvalue weighted by Gasteiger charge is -2.22. The smallest absolute Gasteiger partial charge is 0.282 e. The number of fused-ring (bicyclic) bond motifs is 2. The van der Waals surface area contributed by atoms with Gasteiger partial charge in [-0.15, -0.1) is 0 Å². The van der Waals surface area contributed by atoms with Gasteiger partial charge in [0.25, 0.3) is 5.56 Å².